The summed E-state index contributed by atoms with van der Waals surface area (Å²) >= 11 is 0. The molecule has 0 aliphatic carbocycles. The monoisotopic (exact) mass is 224 g/mol. The Morgan fingerprint density at radius 2 is 2.12 bits per heavy atom. The van der Waals surface area contributed by atoms with Crippen molar-refractivity contribution in [1.29, 1.82) is 0 Å². The predicted octanol–water partition coefficient (Wildman–Crippen LogP) is 2.82. The number of ether oxygens (including phenoxy) is 2. The van der Waals surface area contributed by atoms with Gasteiger partial charge in [0.25, 0.3) is 0 Å². The Labute approximate surface area is 97.1 Å². The fraction of sp³-hybridized carbons (Fsp3) is 0.615. The number of hydrogen-bond acceptors (Lipinski definition) is 3. The Balaban J connectivity index is 2.84. The molecule has 0 amide bonds. The Bertz CT molecular complexity index is 313. The van der Waals surface area contributed by atoms with Crippen molar-refractivity contribution < 1.29 is 14.3 Å². The maximum absolute atomic E-state index is 11.8. The molecule has 16 heavy (non-hydrogen) atoms. The summed E-state index contributed by atoms with van der Waals surface area (Å²) in [4.78, 5) is 11.8. The Kier molecular flexibility index (Phi) is 4.16. The number of carbonyl (C=O) groups is 1. The summed E-state index contributed by atoms with van der Waals surface area (Å²) in [5, 5.41) is 0. The van der Waals surface area contributed by atoms with Crippen molar-refractivity contribution in [2.24, 2.45) is 5.92 Å². The van der Waals surface area contributed by atoms with Gasteiger partial charge in [-0.05, 0) is 13.8 Å². The number of carbonyl (C=O) groups excluding carboxylic acids is 1. The molecular weight excluding hydrogens is 204 g/mol. The van der Waals surface area contributed by atoms with Crippen LogP contribution in [0.25, 0.3) is 0 Å². The highest BCUT2D eigenvalue weighted by Crippen LogP contribution is 2.31. The molecule has 0 aromatic heterocycles. The van der Waals surface area contributed by atoms with Gasteiger partial charge in [0, 0.05) is 12.3 Å². The molecule has 0 aromatic rings. The highest BCUT2D eigenvalue weighted by atomic mass is 16.5. The molecule has 1 heterocycles. The van der Waals surface area contributed by atoms with Crippen LogP contribution in [0.4, 0.5) is 0 Å². The first-order valence-electron chi connectivity index (χ1n) is 5.69. The largest absolute Gasteiger partial charge is 0.490 e. The van der Waals surface area contributed by atoms with Crippen LogP contribution in [-0.2, 0) is 14.3 Å². The fourth-order valence-electron chi connectivity index (χ4n) is 1.66. The Hall–Kier alpha value is -1.25. The lowest BCUT2D eigenvalue weighted by molar-refractivity contribution is -0.142. The Morgan fingerprint density at radius 1 is 1.50 bits per heavy atom. The number of allylic oxidation sites excluding steroid dienone is 1. The molecule has 0 radical (unpaired) electrons. The molecule has 3 nitrogen and oxygen atoms in total. The molecule has 1 unspecified atom stereocenters. The molecular formula is C13H20O3. The molecule has 0 bridgehead atoms. The van der Waals surface area contributed by atoms with Crippen molar-refractivity contribution in [1.82, 2.24) is 0 Å². The van der Waals surface area contributed by atoms with Crippen molar-refractivity contribution in [3.8, 4) is 0 Å². The van der Waals surface area contributed by atoms with E-state index in [1.54, 1.807) is 6.08 Å². The average molecular weight is 224 g/mol. The molecule has 1 rings (SSSR count). The highest BCUT2D eigenvalue weighted by molar-refractivity contribution is 5.89. The third-order valence-electron chi connectivity index (χ3n) is 2.36. The minimum absolute atomic E-state index is 0.0906. The average Bonchev–Trinajstić information content (AvgIpc) is 2.60. The van der Waals surface area contributed by atoms with Gasteiger partial charge < -0.3 is 9.47 Å². The lowest BCUT2D eigenvalue weighted by Gasteiger charge is -2.12. The summed E-state index contributed by atoms with van der Waals surface area (Å²) in [6.45, 7) is 11.4. The highest BCUT2D eigenvalue weighted by Gasteiger charge is 2.31. The van der Waals surface area contributed by atoms with Gasteiger partial charge in [-0.15, -0.1) is 0 Å². The van der Waals surface area contributed by atoms with E-state index in [9.17, 15) is 4.79 Å². The van der Waals surface area contributed by atoms with Crippen molar-refractivity contribution in [3.05, 3.63) is 24.0 Å². The van der Waals surface area contributed by atoms with Crippen LogP contribution < -0.4 is 0 Å². The fourth-order valence-corrected chi connectivity index (χ4v) is 1.66. The van der Waals surface area contributed by atoms with E-state index >= 15 is 0 Å². The molecule has 0 aromatic carbocycles. The van der Waals surface area contributed by atoms with Crippen LogP contribution in [0, 0.1) is 5.92 Å². The van der Waals surface area contributed by atoms with E-state index in [1.807, 2.05) is 27.7 Å². The topological polar surface area (TPSA) is 35.5 Å². The van der Waals surface area contributed by atoms with Crippen molar-refractivity contribution in [3.63, 3.8) is 0 Å². The number of hydrogen-bond donors (Lipinski definition) is 0. The number of esters is 1. The third-order valence-corrected chi connectivity index (χ3v) is 2.36. The second-order valence-corrected chi connectivity index (χ2v) is 4.55. The quantitative estimate of drug-likeness (QED) is 0.544. The maximum atomic E-state index is 11.8. The zero-order chi connectivity index (χ0) is 12.3. The molecule has 0 fully saturated rings. The van der Waals surface area contributed by atoms with Crippen LogP contribution in [0.2, 0.25) is 0 Å². The van der Waals surface area contributed by atoms with E-state index in [0.717, 1.165) is 5.76 Å². The van der Waals surface area contributed by atoms with E-state index < -0.39 is 0 Å². The third kappa shape index (κ3) is 2.87. The Morgan fingerprint density at radius 3 is 2.56 bits per heavy atom. The van der Waals surface area contributed by atoms with Gasteiger partial charge in [0.1, 0.15) is 11.9 Å². The molecule has 1 aliphatic rings. The van der Waals surface area contributed by atoms with Gasteiger partial charge in [-0.2, -0.15) is 0 Å². The van der Waals surface area contributed by atoms with Crippen LogP contribution in [-0.4, -0.2) is 18.2 Å². The van der Waals surface area contributed by atoms with E-state index in [1.165, 1.54) is 0 Å². The van der Waals surface area contributed by atoms with E-state index in [0.29, 0.717) is 12.0 Å². The van der Waals surface area contributed by atoms with E-state index in [-0.39, 0.29) is 24.1 Å². The van der Waals surface area contributed by atoms with Crippen molar-refractivity contribution >= 4 is 5.97 Å². The summed E-state index contributed by atoms with van der Waals surface area (Å²) < 4.78 is 10.8. The van der Waals surface area contributed by atoms with Crippen LogP contribution in [0.5, 0.6) is 0 Å². The predicted molar refractivity (Wildman–Crippen MR) is 62.8 cm³/mol. The van der Waals surface area contributed by atoms with Gasteiger partial charge in [0.2, 0.25) is 0 Å². The summed E-state index contributed by atoms with van der Waals surface area (Å²) in [7, 11) is 0. The van der Waals surface area contributed by atoms with Crippen LogP contribution >= 0.6 is 0 Å². The second kappa shape index (κ2) is 5.19. The van der Waals surface area contributed by atoms with Crippen molar-refractivity contribution in [2.45, 2.75) is 46.3 Å². The lowest BCUT2D eigenvalue weighted by Crippen LogP contribution is -2.15. The van der Waals surface area contributed by atoms with E-state index in [4.69, 9.17) is 9.47 Å². The van der Waals surface area contributed by atoms with Gasteiger partial charge in [0.05, 0.1) is 11.7 Å². The van der Waals surface area contributed by atoms with Crippen LogP contribution in [0.15, 0.2) is 24.0 Å². The van der Waals surface area contributed by atoms with Crippen molar-refractivity contribution in [2.75, 3.05) is 0 Å². The van der Waals surface area contributed by atoms with E-state index in [2.05, 4.69) is 6.58 Å². The van der Waals surface area contributed by atoms with Gasteiger partial charge in [-0.1, -0.05) is 26.5 Å². The zero-order valence-corrected chi connectivity index (χ0v) is 10.4. The van der Waals surface area contributed by atoms with Gasteiger partial charge >= 0.3 is 5.97 Å². The summed E-state index contributed by atoms with van der Waals surface area (Å²) in [6.07, 6.45) is 2.10. The van der Waals surface area contributed by atoms with Crippen LogP contribution in [0.3, 0.4) is 0 Å². The molecule has 3 heteroatoms. The SMILES string of the molecule is C=CC1CC(C(=O)OC(C)C)=C(C(C)C)O1. The summed E-state index contributed by atoms with van der Waals surface area (Å²) in [5.41, 5.74) is 0.661. The molecule has 90 valence electrons. The molecule has 0 N–H and O–H groups in total. The lowest BCUT2D eigenvalue weighted by atomic mass is 10.0. The zero-order valence-electron chi connectivity index (χ0n) is 10.4. The molecule has 0 saturated heterocycles. The first kappa shape index (κ1) is 12.8. The molecule has 0 saturated carbocycles. The standard InChI is InChI=1S/C13H20O3/c1-6-10-7-11(12(16-10)8(2)3)13(14)15-9(4)5/h6,8-10H,1,7H2,2-5H3. The first-order valence-corrected chi connectivity index (χ1v) is 5.69. The summed E-state index contributed by atoms with van der Waals surface area (Å²) in [5.74, 6) is 0.679. The van der Waals surface area contributed by atoms with Gasteiger partial charge in [-0.3, -0.25) is 0 Å². The first-order chi connectivity index (χ1) is 7.45. The minimum Gasteiger partial charge on any atom is -0.490 e. The minimum atomic E-state index is -0.261. The smallest absolute Gasteiger partial charge is 0.337 e. The normalized spacial score (nSPS) is 20.2. The number of rotatable bonds is 4. The second-order valence-electron chi connectivity index (χ2n) is 4.55. The maximum Gasteiger partial charge on any atom is 0.337 e. The van der Waals surface area contributed by atoms with Gasteiger partial charge in [0.15, 0.2) is 0 Å². The van der Waals surface area contributed by atoms with Crippen LogP contribution in [0.1, 0.15) is 34.1 Å². The summed E-state index contributed by atoms with van der Waals surface area (Å²) in [6, 6.07) is 0. The van der Waals surface area contributed by atoms with Gasteiger partial charge in [-0.25, -0.2) is 4.79 Å². The molecule has 1 aliphatic heterocycles. The molecule has 1 atom stereocenters. The molecule has 0 spiro atoms.